The second kappa shape index (κ2) is 7.05. The molecule has 0 bridgehead atoms. The van der Waals surface area contributed by atoms with Crippen molar-refractivity contribution in [3.63, 3.8) is 0 Å². The number of esters is 1. The minimum absolute atomic E-state index is 0.360. The van der Waals surface area contributed by atoms with Crippen LogP contribution in [0, 0.1) is 0 Å². The first-order valence-electron chi connectivity index (χ1n) is 6.36. The predicted octanol–water partition coefficient (Wildman–Crippen LogP) is 1.73. The molecule has 4 heteroatoms. The Kier molecular flexibility index (Phi) is 4.88. The summed E-state index contributed by atoms with van der Waals surface area (Å²) in [6.45, 7) is 0. The highest BCUT2D eigenvalue weighted by atomic mass is 16.6. The molecule has 4 nitrogen and oxygen atoms in total. The van der Waals surface area contributed by atoms with Crippen LogP contribution in [0.1, 0.15) is 17.2 Å². The maximum atomic E-state index is 11.7. The van der Waals surface area contributed by atoms with Crippen molar-refractivity contribution in [1.82, 2.24) is 0 Å². The Bertz CT molecular complexity index is 632. The van der Waals surface area contributed by atoms with Gasteiger partial charge in [0.15, 0.2) is 6.10 Å². The van der Waals surface area contributed by atoms with Crippen LogP contribution in [-0.2, 0) is 14.3 Å². The maximum Gasteiger partial charge on any atom is 0.331 e. The number of benzene rings is 2. The topological polar surface area (TPSA) is 66.4 Å². The molecule has 0 unspecified atom stereocenters. The second-order valence-electron chi connectivity index (χ2n) is 4.29. The normalized spacial score (nSPS) is 12.0. The molecule has 0 fully saturated rings. The first-order chi connectivity index (χ1) is 10.2. The summed E-state index contributed by atoms with van der Waals surface area (Å²) in [6, 6.07) is 17.4. The molecule has 2 aromatic rings. The van der Waals surface area contributed by atoms with E-state index >= 15 is 0 Å². The molecule has 106 valence electrons. The highest BCUT2D eigenvalue weighted by Gasteiger charge is 2.16. The van der Waals surface area contributed by atoms with Gasteiger partial charge in [0, 0.05) is 6.08 Å². The van der Waals surface area contributed by atoms with E-state index in [1.165, 1.54) is 6.08 Å². The minimum atomic E-state index is -1.46. The van der Waals surface area contributed by atoms with E-state index in [1.807, 2.05) is 30.3 Å². The van der Waals surface area contributed by atoms with E-state index in [4.69, 9.17) is 4.74 Å². The summed E-state index contributed by atoms with van der Waals surface area (Å²) in [7, 11) is 0. The highest BCUT2D eigenvalue weighted by molar-refractivity contribution is 5.89. The SMILES string of the molecule is O=C(/C=C/c1ccccc1)O[C@H](C(=O)[O-])c1ccccc1. The van der Waals surface area contributed by atoms with Crippen molar-refractivity contribution in [2.45, 2.75) is 6.10 Å². The number of aliphatic carboxylic acids is 1. The molecule has 0 heterocycles. The predicted molar refractivity (Wildman–Crippen MR) is 75.8 cm³/mol. The summed E-state index contributed by atoms with van der Waals surface area (Å²) in [5.74, 6) is -2.19. The van der Waals surface area contributed by atoms with E-state index in [-0.39, 0.29) is 0 Å². The van der Waals surface area contributed by atoms with Crippen LogP contribution in [0.25, 0.3) is 6.08 Å². The van der Waals surface area contributed by atoms with Crippen molar-refractivity contribution < 1.29 is 19.4 Å². The quantitative estimate of drug-likeness (QED) is 0.618. The number of hydrogen-bond acceptors (Lipinski definition) is 4. The van der Waals surface area contributed by atoms with Gasteiger partial charge in [0.05, 0.1) is 5.97 Å². The molecule has 0 saturated carbocycles. The van der Waals surface area contributed by atoms with Gasteiger partial charge in [-0.05, 0) is 17.2 Å². The van der Waals surface area contributed by atoms with Gasteiger partial charge in [0.2, 0.25) is 0 Å². The lowest BCUT2D eigenvalue weighted by Crippen LogP contribution is -2.32. The lowest BCUT2D eigenvalue weighted by atomic mass is 10.1. The molecule has 0 amide bonds. The van der Waals surface area contributed by atoms with Crippen molar-refractivity contribution in [2.75, 3.05) is 0 Å². The third-order valence-electron chi connectivity index (χ3n) is 2.76. The molecule has 0 aromatic heterocycles. The van der Waals surface area contributed by atoms with Gasteiger partial charge in [-0.3, -0.25) is 0 Å². The first kappa shape index (κ1) is 14.5. The van der Waals surface area contributed by atoms with Crippen molar-refractivity contribution in [1.29, 1.82) is 0 Å². The van der Waals surface area contributed by atoms with Gasteiger partial charge in [-0.15, -0.1) is 0 Å². The fourth-order valence-corrected chi connectivity index (χ4v) is 1.76. The van der Waals surface area contributed by atoms with Gasteiger partial charge in [-0.25, -0.2) is 4.79 Å². The third kappa shape index (κ3) is 4.31. The molecular formula is C17H13O4-. The number of hydrogen-bond donors (Lipinski definition) is 0. The molecule has 0 radical (unpaired) electrons. The highest BCUT2D eigenvalue weighted by Crippen LogP contribution is 2.17. The van der Waals surface area contributed by atoms with Crippen molar-refractivity contribution in [3.05, 3.63) is 77.9 Å². The van der Waals surface area contributed by atoms with E-state index in [2.05, 4.69) is 0 Å². The van der Waals surface area contributed by atoms with Crippen LogP contribution in [0.4, 0.5) is 0 Å². The molecule has 0 N–H and O–H groups in total. The fraction of sp³-hybridized carbons (Fsp3) is 0.0588. The Balaban J connectivity index is 2.06. The van der Waals surface area contributed by atoms with E-state index in [9.17, 15) is 14.7 Å². The number of carboxylic acid groups (broad SMARTS) is 1. The van der Waals surface area contributed by atoms with E-state index < -0.39 is 18.0 Å². The number of carbonyl (C=O) groups excluding carboxylic acids is 2. The van der Waals surface area contributed by atoms with E-state index in [0.717, 1.165) is 5.56 Å². The molecule has 0 saturated heterocycles. The minimum Gasteiger partial charge on any atom is -0.546 e. The molecule has 0 spiro atoms. The lowest BCUT2D eigenvalue weighted by molar-refractivity contribution is -0.316. The van der Waals surface area contributed by atoms with Gasteiger partial charge in [-0.2, -0.15) is 0 Å². The van der Waals surface area contributed by atoms with Crippen LogP contribution in [0.15, 0.2) is 66.7 Å². The standard InChI is InChI=1S/C17H14O4/c18-15(12-11-13-7-3-1-4-8-13)21-16(17(19)20)14-9-5-2-6-10-14/h1-12,16H,(H,19,20)/p-1/b12-11+/t16-/m0/s1. The molecule has 0 aliphatic rings. The van der Waals surface area contributed by atoms with E-state index in [1.54, 1.807) is 36.4 Å². The Morgan fingerprint density at radius 2 is 1.52 bits per heavy atom. The molecule has 2 rings (SSSR count). The largest absolute Gasteiger partial charge is 0.546 e. The summed E-state index contributed by atoms with van der Waals surface area (Å²) < 4.78 is 4.93. The average Bonchev–Trinajstić information content (AvgIpc) is 2.52. The van der Waals surface area contributed by atoms with Crippen LogP contribution in [0.2, 0.25) is 0 Å². The molecule has 2 aromatic carbocycles. The third-order valence-corrected chi connectivity index (χ3v) is 2.76. The van der Waals surface area contributed by atoms with Crippen LogP contribution in [0.5, 0.6) is 0 Å². The van der Waals surface area contributed by atoms with Gasteiger partial charge < -0.3 is 14.6 Å². The molecular weight excluding hydrogens is 268 g/mol. The monoisotopic (exact) mass is 281 g/mol. The zero-order chi connectivity index (χ0) is 15.1. The van der Waals surface area contributed by atoms with Gasteiger partial charge in [0.1, 0.15) is 0 Å². The molecule has 0 aliphatic heterocycles. The van der Waals surface area contributed by atoms with E-state index in [0.29, 0.717) is 5.56 Å². The molecule has 1 atom stereocenters. The summed E-state index contributed by atoms with van der Waals surface area (Å²) in [4.78, 5) is 22.8. The molecule has 0 aliphatic carbocycles. The Morgan fingerprint density at radius 1 is 0.952 bits per heavy atom. The summed E-state index contributed by atoms with van der Waals surface area (Å²) >= 11 is 0. The van der Waals surface area contributed by atoms with Crippen molar-refractivity contribution in [3.8, 4) is 0 Å². The van der Waals surface area contributed by atoms with Crippen LogP contribution in [-0.4, -0.2) is 11.9 Å². The van der Waals surface area contributed by atoms with Crippen molar-refractivity contribution in [2.24, 2.45) is 0 Å². The number of ether oxygens (including phenoxy) is 1. The average molecular weight is 281 g/mol. The van der Waals surface area contributed by atoms with Crippen LogP contribution in [0.3, 0.4) is 0 Å². The number of carboxylic acids is 1. The smallest absolute Gasteiger partial charge is 0.331 e. The number of carbonyl (C=O) groups is 2. The van der Waals surface area contributed by atoms with Gasteiger partial charge >= 0.3 is 5.97 Å². The Labute approximate surface area is 122 Å². The van der Waals surface area contributed by atoms with Crippen LogP contribution < -0.4 is 5.11 Å². The summed E-state index contributed by atoms with van der Waals surface area (Å²) in [6.07, 6.45) is 1.33. The van der Waals surface area contributed by atoms with Gasteiger partial charge in [-0.1, -0.05) is 60.7 Å². The molecule has 21 heavy (non-hydrogen) atoms. The Morgan fingerprint density at radius 3 is 2.10 bits per heavy atom. The summed E-state index contributed by atoms with van der Waals surface area (Å²) in [5, 5.41) is 11.1. The maximum absolute atomic E-state index is 11.7. The summed E-state index contributed by atoms with van der Waals surface area (Å²) in [5.41, 5.74) is 1.18. The lowest BCUT2D eigenvalue weighted by Gasteiger charge is -2.18. The first-order valence-corrected chi connectivity index (χ1v) is 6.36. The Hall–Kier alpha value is -2.88. The zero-order valence-electron chi connectivity index (χ0n) is 11.1. The zero-order valence-corrected chi connectivity index (χ0v) is 11.1. The van der Waals surface area contributed by atoms with Crippen LogP contribution >= 0.6 is 0 Å². The second-order valence-corrected chi connectivity index (χ2v) is 4.29. The number of rotatable bonds is 5. The van der Waals surface area contributed by atoms with Gasteiger partial charge in [0.25, 0.3) is 0 Å². The fourth-order valence-electron chi connectivity index (χ4n) is 1.76. The van der Waals surface area contributed by atoms with Crippen molar-refractivity contribution >= 4 is 18.0 Å².